The lowest BCUT2D eigenvalue weighted by molar-refractivity contribution is -0.385. The number of nitro groups is 1. The normalized spacial score (nSPS) is 11.8. The molecule has 0 aliphatic rings. The molecule has 0 fully saturated rings. The van der Waals surface area contributed by atoms with Crippen molar-refractivity contribution in [1.29, 1.82) is 0 Å². The summed E-state index contributed by atoms with van der Waals surface area (Å²) in [5, 5.41) is 20.1. The van der Waals surface area contributed by atoms with Crippen molar-refractivity contribution in [2.45, 2.75) is 24.3 Å². The van der Waals surface area contributed by atoms with Crippen molar-refractivity contribution in [3.63, 3.8) is 0 Å². The number of carbonyl (C=O) groups excluding carboxylic acids is 1. The fourth-order valence-electron chi connectivity index (χ4n) is 1.92. The highest BCUT2D eigenvalue weighted by Crippen LogP contribution is 2.26. The molecule has 7 nitrogen and oxygen atoms in total. The molecule has 1 rings (SSSR count). The molecule has 21 heavy (non-hydrogen) atoms. The molecule has 1 aromatic rings. The van der Waals surface area contributed by atoms with Crippen LogP contribution in [0.4, 0.5) is 5.69 Å². The first-order valence-electron chi connectivity index (χ1n) is 6.15. The van der Waals surface area contributed by atoms with Crippen LogP contribution in [0.5, 0.6) is 0 Å². The van der Waals surface area contributed by atoms with Crippen LogP contribution < -0.4 is 0 Å². The third-order valence-electron chi connectivity index (χ3n) is 3.09. The van der Waals surface area contributed by atoms with Gasteiger partial charge in [-0.15, -0.1) is 11.8 Å². The number of nitro benzene ring substituents is 1. The number of carboxylic acid groups (broad SMARTS) is 1. The largest absolute Gasteiger partial charge is 0.480 e. The van der Waals surface area contributed by atoms with E-state index >= 15 is 0 Å². The summed E-state index contributed by atoms with van der Waals surface area (Å²) in [5.41, 5.74) is -0.432. The number of benzene rings is 1. The summed E-state index contributed by atoms with van der Waals surface area (Å²) in [4.78, 5) is 35.6. The molecule has 0 spiro atoms. The first-order chi connectivity index (χ1) is 9.83. The van der Waals surface area contributed by atoms with E-state index < -0.39 is 22.8 Å². The Bertz CT molecular complexity index is 576. The van der Waals surface area contributed by atoms with Crippen molar-refractivity contribution in [3.8, 4) is 0 Å². The second-order valence-corrected chi connectivity index (χ2v) is 5.20. The van der Waals surface area contributed by atoms with Crippen LogP contribution in [0, 0.1) is 10.1 Å². The number of carboxylic acids is 1. The minimum absolute atomic E-state index is 0.103. The van der Waals surface area contributed by atoms with E-state index in [0.717, 1.165) is 4.90 Å². The monoisotopic (exact) mass is 312 g/mol. The van der Waals surface area contributed by atoms with E-state index in [1.807, 2.05) is 0 Å². The highest BCUT2D eigenvalue weighted by molar-refractivity contribution is 7.98. The van der Waals surface area contributed by atoms with Gasteiger partial charge in [-0.3, -0.25) is 14.9 Å². The molecule has 0 saturated heterocycles. The van der Waals surface area contributed by atoms with Crippen molar-refractivity contribution in [2.24, 2.45) is 0 Å². The zero-order chi connectivity index (χ0) is 16.2. The summed E-state index contributed by atoms with van der Waals surface area (Å²) >= 11 is 1.34. The van der Waals surface area contributed by atoms with Gasteiger partial charge in [-0.2, -0.15) is 0 Å². The van der Waals surface area contributed by atoms with Gasteiger partial charge in [0.15, 0.2) is 0 Å². The second kappa shape index (κ2) is 7.07. The van der Waals surface area contributed by atoms with Gasteiger partial charge in [0.25, 0.3) is 11.6 Å². The van der Waals surface area contributed by atoms with Crippen LogP contribution in [0.15, 0.2) is 23.1 Å². The molecule has 8 heteroatoms. The molecule has 0 bridgehead atoms. The number of likely N-dealkylation sites (N-methyl/N-ethyl adjacent to an activating group) is 1. The summed E-state index contributed by atoms with van der Waals surface area (Å²) in [6.45, 7) is 1.63. The average molecular weight is 312 g/mol. The number of aliphatic carboxylic acids is 1. The second-order valence-electron chi connectivity index (χ2n) is 4.32. The number of hydrogen-bond acceptors (Lipinski definition) is 5. The minimum atomic E-state index is -1.14. The minimum Gasteiger partial charge on any atom is -0.480 e. The summed E-state index contributed by atoms with van der Waals surface area (Å²) in [7, 11) is 1.33. The zero-order valence-corrected chi connectivity index (χ0v) is 12.7. The summed E-state index contributed by atoms with van der Waals surface area (Å²) in [5.74, 6) is -1.82. The first-order valence-corrected chi connectivity index (χ1v) is 7.38. The van der Waals surface area contributed by atoms with E-state index in [2.05, 4.69) is 0 Å². The first kappa shape index (κ1) is 17.0. The lowest BCUT2D eigenvalue weighted by atomic mass is 10.1. The lowest BCUT2D eigenvalue weighted by Crippen LogP contribution is -2.42. The molecule has 1 amide bonds. The van der Waals surface area contributed by atoms with Crippen molar-refractivity contribution in [3.05, 3.63) is 33.9 Å². The zero-order valence-electron chi connectivity index (χ0n) is 11.9. The van der Waals surface area contributed by atoms with Crippen LogP contribution in [-0.4, -0.2) is 46.2 Å². The van der Waals surface area contributed by atoms with Crippen LogP contribution in [0.25, 0.3) is 0 Å². The van der Waals surface area contributed by atoms with Crippen LogP contribution in [0.3, 0.4) is 0 Å². The maximum atomic E-state index is 12.4. The summed E-state index contributed by atoms with van der Waals surface area (Å²) in [6.07, 6.45) is 2.00. The van der Waals surface area contributed by atoms with E-state index in [1.165, 1.54) is 30.9 Å². The number of carbonyl (C=O) groups is 2. The Kier molecular flexibility index (Phi) is 5.71. The van der Waals surface area contributed by atoms with Crippen LogP contribution >= 0.6 is 11.8 Å². The molecule has 0 aromatic heterocycles. The van der Waals surface area contributed by atoms with Crippen LogP contribution in [0.1, 0.15) is 23.7 Å². The van der Waals surface area contributed by atoms with Gasteiger partial charge in [0.1, 0.15) is 11.6 Å². The van der Waals surface area contributed by atoms with Crippen LogP contribution in [-0.2, 0) is 4.79 Å². The standard InChI is InChI=1S/C13H16N2O5S/c1-4-10(13(17)18)14(2)12(16)9-7-8(21-3)5-6-11(9)15(19)20/h5-7,10H,4H2,1-3H3,(H,17,18). The number of nitrogens with zero attached hydrogens (tertiary/aromatic N) is 2. The maximum absolute atomic E-state index is 12.4. The van der Waals surface area contributed by atoms with Crippen molar-refractivity contribution in [1.82, 2.24) is 4.90 Å². The Morgan fingerprint density at radius 3 is 2.52 bits per heavy atom. The molecule has 114 valence electrons. The van der Waals surface area contributed by atoms with Gasteiger partial charge in [0.05, 0.1) is 4.92 Å². The SMILES string of the molecule is CCC(C(=O)O)N(C)C(=O)c1cc(SC)ccc1[N+](=O)[O-]. The van der Waals surface area contributed by atoms with Crippen molar-refractivity contribution in [2.75, 3.05) is 13.3 Å². The Hall–Kier alpha value is -2.09. The van der Waals surface area contributed by atoms with E-state index in [4.69, 9.17) is 5.11 Å². The molecule has 0 radical (unpaired) electrons. The fraction of sp³-hybridized carbons (Fsp3) is 0.385. The molecule has 1 unspecified atom stereocenters. The van der Waals surface area contributed by atoms with E-state index in [-0.39, 0.29) is 17.7 Å². The van der Waals surface area contributed by atoms with Gasteiger partial charge in [-0.05, 0) is 24.8 Å². The van der Waals surface area contributed by atoms with E-state index in [0.29, 0.717) is 4.90 Å². The Labute approximate surface area is 126 Å². The van der Waals surface area contributed by atoms with Crippen molar-refractivity contribution < 1.29 is 19.6 Å². The molecular formula is C13H16N2O5S. The van der Waals surface area contributed by atoms with E-state index in [9.17, 15) is 19.7 Å². The van der Waals surface area contributed by atoms with Crippen LogP contribution in [0.2, 0.25) is 0 Å². The molecule has 0 aliphatic carbocycles. The molecule has 0 heterocycles. The van der Waals surface area contributed by atoms with Gasteiger partial charge in [-0.25, -0.2) is 4.79 Å². The quantitative estimate of drug-likeness (QED) is 0.491. The molecule has 0 aliphatic heterocycles. The number of hydrogen-bond donors (Lipinski definition) is 1. The maximum Gasteiger partial charge on any atom is 0.326 e. The fourth-order valence-corrected chi connectivity index (χ4v) is 2.36. The Balaban J connectivity index is 3.27. The van der Waals surface area contributed by atoms with E-state index in [1.54, 1.807) is 19.2 Å². The molecule has 1 aromatic carbocycles. The number of amides is 1. The third kappa shape index (κ3) is 3.72. The van der Waals surface area contributed by atoms with Gasteiger partial charge < -0.3 is 10.0 Å². The van der Waals surface area contributed by atoms with Gasteiger partial charge in [0, 0.05) is 18.0 Å². The lowest BCUT2D eigenvalue weighted by Gasteiger charge is -2.23. The Morgan fingerprint density at radius 2 is 2.10 bits per heavy atom. The van der Waals surface area contributed by atoms with Gasteiger partial charge in [-0.1, -0.05) is 6.92 Å². The predicted molar refractivity (Wildman–Crippen MR) is 78.7 cm³/mol. The van der Waals surface area contributed by atoms with Gasteiger partial charge in [0.2, 0.25) is 0 Å². The molecular weight excluding hydrogens is 296 g/mol. The smallest absolute Gasteiger partial charge is 0.326 e. The highest BCUT2D eigenvalue weighted by Gasteiger charge is 2.30. The molecule has 0 saturated carbocycles. The highest BCUT2D eigenvalue weighted by atomic mass is 32.2. The Morgan fingerprint density at radius 1 is 1.48 bits per heavy atom. The summed E-state index contributed by atoms with van der Waals surface area (Å²) in [6, 6.07) is 3.20. The molecule has 1 N–H and O–H groups in total. The predicted octanol–water partition coefficient (Wildman–Crippen LogP) is 2.25. The van der Waals surface area contributed by atoms with Crippen molar-refractivity contribution >= 4 is 29.3 Å². The summed E-state index contributed by atoms with van der Waals surface area (Å²) < 4.78 is 0. The van der Waals surface area contributed by atoms with Gasteiger partial charge >= 0.3 is 5.97 Å². The topological polar surface area (TPSA) is 101 Å². The average Bonchev–Trinajstić information content (AvgIpc) is 2.45. The third-order valence-corrected chi connectivity index (χ3v) is 3.82. The molecule has 1 atom stereocenters. The number of rotatable bonds is 6. The number of thioether (sulfide) groups is 1.